The van der Waals surface area contributed by atoms with Crippen LogP contribution < -0.4 is 0 Å². The highest BCUT2D eigenvalue weighted by Crippen LogP contribution is 2.42. The zero-order valence-corrected chi connectivity index (χ0v) is 25.3. The van der Waals surface area contributed by atoms with Gasteiger partial charge >= 0.3 is 0 Å². The first-order valence-electron chi connectivity index (χ1n) is 13.2. The van der Waals surface area contributed by atoms with Crippen LogP contribution in [0, 0.1) is 0 Å². The summed E-state index contributed by atoms with van der Waals surface area (Å²) >= 11 is 0. The van der Waals surface area contributed by atoms with E-state index < -0.39 is 28.4 Å². The molecule has 2 rings (SSSR count). The summed E-state index contributed by atoms with van der Waals surface area (Å²) < 4.78 is 6.75. The monoisotopic (exact) mass is 496 g/mol. The summed E-state index contributed by atoms with van der Waals surface area (Å²) in [6, 6.07) is 1.54. The smallest absolute Gasteiger partial charge is 0.251 e. The molecule has 2 aliphatic heterocycles. The normalized spacial score (nSPS) is 20.3. The van der Waals surface area contributed by atoms with E-state index in [2.05, 4.69) is 67.7 Å². The Bertz CT molecular complexity index is 625. The van der Waals surface area contributed by atoms with Crippen LogP contribution in [0.3, 0.4) is 0 Å². The second-order valence-corrected chi connectivity index (χ2v) is 25.2. The van der Waals surface area contributed by atoms with Crippen LogP contribution >= 0.6 is 0 Å². The van der Waals surface area contributed by atoms with Gasteiger partial charge in [-0.05, 0) is 47.8 Å². The molecular formula is C26H52N2O3Si2. The first-order chi connectivity index (χ1) is 15.0. The molecule has 0 aromatic rings. The van der Waals surface area contributed by atoms with Gasteiger partial charge in [0, 0.05) is 26.2 Å². The Morgan fingerprint density at radius 1 is 0.667 bits per heavy atom. The maximum atomic E-state index is 13.7. The molecule has 0 radical (unpaired) electrons. The van der Waals surface area contributed by atoms with Crippen molar-refractivity contribution in [1.29, 1.82) is 0 Å². The average molecular weight is 497 g/mol. The maximum Gasteiger partial charge on any atom is 0.251 e. The molecule has 0 aliphatic carbocycles. The fourth-order valence-electron chi connectivity index (χ4n) is 4.41. The zero-order chi connectivity index (χ0) is 25.2. The van der Waals surface area contributed by atoms with Crippen molar-refractivity contribution in [2.75, 3.05) is 26.2 Å². The number of amides is 2. The zero-order valence-electron chi connectivity index (χ0n) is 23.3. The molecule has 0 aromatic carbocycles. The summed E-state index contributed by atoms with van der Waals surface area (Å²) in [5.41, 5.74) is 0. The third-order valence-electron chi connectivity index (χ3n) is 9.17. The SMILES string of the molecule is CC(C)(C)[Si](C)(C)C[C@@H](O[C@H](C[Si](C)(C)C(C)(C)C)C(=O)N1CCCC1)C(=O)N1CCCC1. The second kappa shape index (κ2) is 10.5. The van der Waals surface area contributed by atoms with Crippen molar-refractivity contribution < 1.29 is 14.3 Å². The van der Waals surface area contributed by atoms with Gasteiger partial charge in [0.2, 0.25) is 0 Å². The lowest BCUT2D eigenvalue weighted by molar-refractivity contribution is -0.154. The highest BCUT2D eigenvalue weighted by atomic mass is 28.3. The third kappa shape index (κ3) is 7.17. The van der Waals surface area contributed by atoms with Gasteiger partial charge in [0.25, 0.3) is 11.8 Å². The summed E-state index contributed by atoms with van der Waals surface area (Å²) in [7, 11) is -3.59. The number of ether oxygens (including phenoxy) is 1. The number of likely N-dealkylation sites (tertiary alicyclic amines) is 2. The van der Waals surface area contributed by atoms with E-state index in [1.165, 1.54) is 0 Å². The van der Waals surface area contributed by atoms with Gasteiger partial charge in [0.05, 0.1) is 16.1 Å². The first-order valence-corrected chi connectivity index (χ1v) is 19.6. The lowest BCUT2D eigenvalue weighted by Crippen LogP contribution is -2.52. The van der Waals surface area contributed by atoms with Crippen molar-refractivity contribution in [1.82, 2.24) is 9.80 Å². The number of hydrogen-bond donors (Lipinski definition) is 0. The van der Waals surface area contributed by atoms with E-state index in [9.17, 15) is 9.59 Å². The molecule has 2 heterocycles. The second-order valence-electron chi connectivity index (χ2n) is 13.9. The van der Waals surface area contributed by atoms with Crippen molar-refractivity contribution in [3.05, 3.63) is 0 Å². The van der Waals surface area contributed by atoms with Gasteiger partial charge < -0.3 is 14.5 Å². The number of carbonyl (C=O) groups is 2. The molecule has 5 nitrogen and oxygen atoms in total. The summed E-state index contributed by atoms with van der Waals surface area (Å²) in [5, 5.41) is 0.321. The van der Waals surface area contributed by atoms with E-state index in [4.69, 9.17) is 4.74 Å². The van der Waals surface area contributed by atoms with Crippen molar-refractivity contribution in [2.45, 2.75) is 128 Å². The molecule has 33 heavy (non-hydrogen) atoms. The predicted octanol–water partition coefficient (Wildman–Crippen LogP) is 6.00. The molecule has 0 unspecified atom stereocenters. The molecule has 2 fully saturated rings. The Balaban J connectivity index is 2.37. The lowest BCUT2D eigenvalue weighted by Gasteiger charge is -2.42. The largest absolute Gasteiger partial charge is 0.356 e. The highest BCUT2D eigenvalue weighted by molar-refractivity contribution is 6.81. The molecule has 0 bridgehead atoms. The molecule has 0 aromatic heterocycles. The lowest BCUT2D eigenvalue weighted by atomic mass is 10.2. The molecule has 2 atom stereocenters. The van der Waals surface area contributed by atoms with E-state index in [0.717, 1.165) is 64.0 Å². The van der Waals surface area contributed by atoms with Gasteiger partial charge in [0.15, 0.2) is 0 Å². The van der Waals surface area contributed by atoms with Gasteiger partial charge in [0.1, 0.15) is 12.2 Å². The number of hydrogen-bond acceptors (Lipinski definition) is 3. The fraction of sp³-hybridized carbons (Fsp3) is 0.923. The van der Waals surface area contributed by atoms with Crippen LogP contribution in [-0.2, 0) is 14.3 Å². The van der Waals surface area contributed by atoms with Crippen molar-refractivity contribution in [3.8, 4) is 0 Å². The topological polar surface area (TPSA) is 49.9 Å². The van der Waals surface area contributed by atoms with E-state index >= 15 is 0 Å². The Kier molecular flexibility index (Phi) is 9.11. The van der Waals surface area contributed by atoms with E-state index in [1.54, 1.807) is 0 Å². The van der Waals surface area contributed by atoms with E-state index in [-0.39, 0.29) is 21.9 Å². The summed E-state index contributed by atoms with van der Waals surface area (Å²) in [6.07, 6.45) is 3.25. The van der Waals surface area contributed by atoms with Gasteiger partial charge in [-0.1, -0.05) is 67.7 Å². The highest BCUT2D eigenvalue weighted by Gasteiger charge is 2.45. The van der Waals surface area contributed by atoms with Crippen LogP contribution in [0.15, 0.2) is 0 Å². The third-order valence-corrected chi connectivity index (χ3v) is 20.1. The van der Waals surface area contributed by atoms with Crippen LogP contribution in [0.1, 0.15) is 67.2 Å². The van der Waals surface area contributed by atoms with Crippen LogP contribution in [-0.4, -0.2) is 76.1 Å². The minimum atomic E-state index is -1.80. The minimum absolute atomic E-state index is 0.117. The standard InChI is InChI=1S/C26H52N2O3Si2/c1-25(2,3)32(7,8)19-21(23(29)27-15-11-12-16-27)31-22(20-33(9,10)26(4,5)6)24(30)28-17-13-14-18-28/h21-22H,11-20H2,1-10H3/t21-,22-/m1/s1. The molecule has 7 heteroatoms. The Labute approximate surface area is 206 Å². The van der Waals surface area contributed by atoms with Gasteiger partial charge in [-0.25, -0.2) is 0 Å². The van der Waals surface area contributed by atoms with Crippen LogP contribution in [0.4, 0.5) is 0 Å². The molecule has 2 aliphatic rings. The molecule has 0 spiro atoms. The minimum Gasteiger partial charge on any atom is -0.356 e. The van der Waals surface area contributed by atoms with E-state index in [1.807, 2.05) is 9.80 Å². The average Bonchev–Trinajstić information content (AvgIpc) is 3.37. The molecule has 2 saturated heterocycles. The summed E-state index contributed by atoms with van der Waals surface area (Å²) in [5.74, 6) is 0.235. The summed E-state index contributed by atoms with van der Waals surface area (Å²) in [6.45, 7) is 26.5. The van der Waals surface area contributed by atoms with E-state index in [0.29, 0.717) is 0 Å². The van der Waals surface area contributed by atoms with Crippen LogP contribution in [0.2, 0.25) is 48.4 Å². The number of nitrogens with zero attached hydrogens (tertiary/aromatic N) is 2. The Morgan fingerprint density at radius 3 is 1.18 bits per heavy atom. The predicted molar refractivity (Wildman–Crippen MR) is 144 cm³/mol. The van der Waals surface area contributed by atoms with Crippen LogP contribution in [0.25, 0.3) is 0 Å². The number of rotatable bonds is 8. The molecule has 192 valence electrons. The van der Waals surface area contributed by atoms with Gasteiger partial charge in [-0.15, -0.1) is 0 Å². The summed E-state index contributed by atoms with van der Waals surface area (Å²) in [4.78, 5) is 31.4. The van der Waals surface area contributed by atoms with Gasteiger partial charge in [-0.2, -0.15) is 0 Å². The number of carbonyl (C=O) groups excluding carboxylic acids is 2. The van der Waals surface area contributed by atoms with Crippen molar-refractivity contribution >= 4 is 28.0 Å². The molecule has 2 amide bonds. The van der Waals surface area contributed by atoms with Crippen molar-refractivity contribution in [2.24, 2.45) is 0 Å². The van der Waals surface area contributed by atoms with Crippen molar-refractivity contribution in [3.63, 3.8) is 0 Å². The maximum absolute atomic E-state index is 13.7. The molecular weight excluding hydrogens is 444 g/mol. The first kappa shape index (κ1) is 28.6. The Hall–Kier alpha value is -0.666. The quantitative estimate of drug-likeness (QED) is 0.387. The van der Waals surface area contributed by atoms with Gasteiger partial charge in [-0.3, -0.25) is 9.59 Å². The molecule has 0 N–H and O–H groups in total. The fourth-order valence-corrected chi connectivity index (χ4v) is 8.03. The Morgan fingerprint density at radius 2 is 0.939 bits per heavy atom. The molecule has 0 saturated carbocycles. The van der Waals surface area contributed by atoms with Crippen LogP contribution in [0.5, 0.6) is 0 Å².